The van der Waals surface area contributed by atoms with Crippen molar-refractivity contribution < 1.29 is 4.79 Å². The highest BCUT2D eigenvalue weighted by molar-refractivity contribution is 5.82. The predicted molar refractivity (Wildman–Crippen MR) is 97.5 cm³/mol. The maximum atomic E-state index is 12.2. The molecule has 3 rings (SSSR count). The molecule has 1 aromatic carbocycles. The summed E-state index contributed by atoms with van der Waals surface area (Å²) in [4.78, 5) is 14.8. The molecular weight excluding hydrogens is 298 g/mol. The molecule has 0 radical (unpaired) electrons. The lowest BCUT2D eigenvalue weighted by Gasteiger charge is -2.35. The molecule has 2 fully saturated rings. The number of carbonyl (C=O) groups excluding carboxylic acids is 1. The molecule has 2 aliphatic rings. The van der Waals surface area contributed by atoms with E-state index in [-0.39, 0.29) is 11.9 Å². The maximum Gasteiger partial charge on any atom is 0.237 e. The molecular formula is C20H31N3O. The van der Waals surface area contributed by atoms with E-state index in [1.165, 1.54) is 30.6 Å². The molecule has 1 amide bonds. The van der Waals surface area contributed by atoms with E-state index < -0.39 is 0 Å². The summed E-state index contributed by atoms with van der Waals surface area (Å²) in [6.07, 6.45) is 3.39. The summed E-state index contributed by atoms with van der Waals surface area (Å²) >= 11 is 0. The molecule has 2 heterocycles. The molecule has 0 aliphatic carbocycles. The van der Waals surface area contributed by atoms with Crippen molar-refractivity contribution in [3.8, 4) is 0 Å². The van der Waals surface area contributed by atoms with Gasteiger partial charge in [0.15, 0.2) is 0 Å². The minimum atomic E-state index is 0.000885. The Morgan fingerprint density at radius 3 is 2.58 bits per heavy atom. The van der Waals surface area contributed by atoms with Gasteiger partial charge in [-0.1, -0.05) is 38.1 Å². The van der Waals surface area contributed by atoms with E-state index in [1.54, 1.807) is 0 Å². The number of carbonyl (C=O) groups is 1. The average Bonchev–Trinajstić information content (AvgIpc) is 3.07. The van der Waals surface area contributed by atoms with Gasteiger partial charge in [-0.15, -0.1) is 0 Å². The summed E-state index contributed by atoms with van der Waals surface area (Å²) in [5, 5.41) is 6.38. The van der Waals surface area contributed by atoms with Crippen LogP contribution in [0.5, 0.6) is 0 Å². The van der Waals surface area contributed by atoms with Crippen molar-refractivity contribution in [3.63, 3.8) is 0 Å². The van der Waals surface area contributed by atoms with Crippen LogP contribution in [-0.4, -0.2) is 36.5 Å². The first kappa shape index (κ1) is 17.4. The number of nitrogens with zero attached hydrogens (tertiary/aromatic N) is 1. The van der Waals surface area contributed by atoms with Gasteiger partial charge >= 0.3 is 0 Å². The number of rotatable bonds is 5. The van der Waals surface area contributed by atoms with Crippen molar-refractivity contribution in [2.24, 2.45) is 11.8 Å². The van der Waals surface area contributed by atoms with Crippen LogP contribution in [0.15, 0.2) is 24.3 Å². The van der Waals surface area contributed by atoms with Gasteiger partial charge in [0.2, 0.25) is 5.91 Å². The molecule has 2 aliphatic heterocycles. The first-order valence-electron chi connectivity index (χ1n) is 9.42. The third-order valence-corrected chi connectivity index (χ3v) is 5.29. The van der Waals surface area contributed by atoms with Crippen LogP contribution in [0.3, 0.4) is 0 Å². The number of hydrogen-bond donors (Lipinski definition) is 2. The lowest BCUT2D eigenvalue weighted by molar-refractivity contribution is -0.122. The van der Waals surface area contributed by atoms with Crippen LogP contribution in [0, 0.1) is 11.8 Å². The van der Waals surface area contributed by atoms with Crippen LogP contribution >= 0.6 is 0 Å². The summed E-state index contributed by atoms with van der Waals surface area (Å²) in [5.41, 5.74) is 2.59. The first-order valence-corrected chi connectivity index (χ1v) is 9.42. The molecule has 24 heavy (non-hydrogen) atoms. The molecule has 2 N–H and O–H groups in total. The minimum Gasteiger partial charge on any atom is -0.351 e. The number of amides is 1. The van der Waals surface area contributed by atoms with E-state index in [2.05, 4.69) is 53.6 Å². The van der Waals surface area contributed by atoms with Crippen LogP contribution in [0.25, 0.3) is 0 Å². The Labute approximate surface area is 146 Å². The summed E-state index contributed by atoms with van der Waals surface area (Å²) in [6, 6.07) is 8.53. The van der Waals surface area contributed by atoms with Crippen molar-refractivity contribution in [2.45, 2.75) is 52.2 Å². The summed E-state index contributed by atoms with van der Waals surface area (Å²) in [5.74, 6) is 1.69. The fourth-order valence-corrected chi connectivity index (χ4v) is 4.26. The molecule has 0 aromatic heterocycles. The molecule has 132 valence electrons. The van der Waals surface area contributed by atoms with Gasteiger partial charge in [-0.3, -0.25) is 9.69 Å². The lowest BCUT2D eigenvalue weighted by atomic mass is 9.91. The molecule has 0 bridgehead atoms. The quantitative estimate of drug-likeness (QED) is 0.872. The van der Waals surface area contributed by atoms with E-state index in [0.29, 0.717) is 6.54 Å². The second kappa shape index (κ2) is 8.13. The highest BCUT2D eigenvalue weighted by atomic mass is 16.2. The van der Waals surface area contributed by atoms with Gasteiger partial charge in [0, 0.05) is 26.2 Å². The molecule has 0 spiro atoms. The number of benzene rings is 1. The first-order chi connectivity index (χ1) is 11.6. The summed E-state index contributed by atoms with van der Waals surface area (Å²) < 4.78 is 0. The Morgan fingerprint density at radius 1 is 1.21 bits per heavy atom. The molecule has 3 unspecified atom stereocenters. The fraction of sp³-hybridized carbons (Fsp3) is 0.650. The smallest absolute Gasteiger partial charge is 0.237 e. The predicted octanol–water partition coefficient (Wildman–Crippen LogP) is 2.53. The van der Waals surface area contributed by atoms with E-state index in [9.17, 15) is 4.79 Å². The largest absolute Gasteiger partial charge is 0.351 e. The average molecular weight is 329 g/mol. The van der Waals surface area contributed by atoms with Crippen molar-refractivity contribution in [3.05, 3.63) is 35.4 Å². The van der Waals surface area contributed by atoms with E-state index in [1.807, 2.05) is 0 Å². The molecule has 0 saturated carbocycles. The molecule has 4 heteroatoms. The number of likely N-dealkylation sites (tertiary alicyclic amines) is 1. The van der Waals surface area contributed by atoms with Crippen LogP contribution in [0.1, 0.15) is 44.2 Å². The van der Waals surface area contributed by atoms with Gasteiger partial charge in [-0.25, -0.2) is 0 Å². The third kappa shape index (κ3) is 4.58. The lowest BCUT2D eigenvalue weighted by Crippen LogP contribution is -2.40. The zero-order valence-corrected chi connectivity index (χ0v) is 15.1. The standard InChI is InChI=1S/C20H31N3O/c1-15-10-16(2)13-23(12-15)14-18-7-4-3-6-17(18)11-22-20(24)19-8-5-9-21-19/h3-4,6-7,15-16,19,21H,5,8-14H2,1-2H3,(H,22,24). The monoisotopic (exact) mass is 329 g/mol. The fourth-order valence-electron chi connectivity index (χ4n) is 4.26. The number of hydrogen-bond acceptors (Lipinski definition) is 3. The SMILES string of the molecule is CC1CC(C)CN(Cc2ccccc2CNC(=O)C2CCCN2)C1. The topological polar surface area (TPSA) is 44.4 Å². The normalized spacial score (nSPS) is 28.0. The number of piperidine rings is 1. The Hall–Kier alpha value is -1.39. The molecule has 2 saturated heterocycles. The molecule has 3 atom stereocenters. The Kier molecular flexibility index (Phi) is 5.90. The Morgan fingerprint density at radius 2 is 1.92 bits per heavy atom. The second-order valence-electron chi connectivity index (χ2n) is 7.78. The molecule has 4 nitrogen and oxygen atoms in total. The van der Waals surface area contributed by atoms with Gasteiger partial charge in [0.05, 0.1) is 6.04 Å². The van der Waals surface area contributed by atoms with Crippen LogP contribution in [0.2, 0.25) is 0 Å². The van der Waals surface area contributed by atoms with E-state index in [0.717, 1.165) is 37.8 Å². The summed E-state index contributed by atoms with van der Waals surface area (Å²) in [7, 11) is 0. The van der Waals surface area contributed by atoms with Crippen LogP contribution in [0.4, 0.5) is 0 Å². The number of nitrogens with one attached hydrogen (secondary N) is 2. The zero-order chi connectivity index (χ0) is 16.9. The van der Waals surface area contributed by atoms with Crippen molar-refractivity contribution in [1.82, 2.24) is 15.5 Å². The van der Waals surface area contributed by atoms with Gasteiger partial charge in [0.25, 0.3) is 0 Å². The second-order valence-corrected chi connectivity index (χ2v) is 7.78. The Bertz CT molecular complexity index is 544. The van der Waals surface area contributed by atoms with E-state index >= 15 is 0 Å². The van der Waals surface area contributed by atoms with Crippen molar-refractivity contribution in [2.75, 3.05) is 19.6 Å². The van der Waals surface area contributed by atoms with Crippen molar-refractivity contribution in [1.29, 1.82) is 0 Å². The van der Waals surface area contributed by atoms with Gasteiger partial charge in [0.1, 0.15) is 0 Å². The summed E-state index contributed by atoms with van der Waals surface area (Å²) in [6.45, 7) is 9.63. The van der Waals surface area contributed by atoms with Gasteiger partial charge in [-0.2, -0.15) is 0 Å². The molecule has 1 aromatic rings. The van der Waals surface area contributed by atoms with E-state index in [4.69, 9.17) is 0 Å². The highest BCUT2D eigenvalue weighted by Crippen LogP contribution is 2.23. The van der Waals surface area contributed by atoms with Crippen LogP contribution < -0.4 is 10.6 Å². The van der Waals surface area contributed by atoms with Crippen LogP contribution in [-0.2, 0) is 17.9 Å². The maximum absolute atomic E-state index is 12.2. The highest BCUT2D eigenvalue weighted by Gasteiger charge is 2.23. The van der Waals surface area contributed by atoms with Crippen molar-refractivity contribution >= 4 is 5.91 Å². The van der Waals surface area contributed by atoms with Gasteiger partial charge < -0.3 is 10.6 Å². The zero-order valence-electron chi connectivity index (χ0n) is 15.1. The third-order valence-electron chi connectivity index (χ3n) is 5.29. The minimum absolute atomic E-state index is 0.000885. The Balaban J connectivity index is 1.59. The van der Waals surface area contributed by atoms with Gasteiger partial charge in [-0.05, 0) is 48.8 Å².